The van der Waals surface area contributed by atoms with Crippen molar-refractivity contribution in [2.45, 2.75) is 0 Å². The Bertz CT molecular complexity index is 965. The van der Waals surface area contributed by atoms with E-state index in [0.717, 1.165) is 11.3 Å². The third kappa shape index (κ3) is 3.51. The predicted octanol–water partition coefficient (Wildman–Crippen LogP) is 4.81. The molecule has 0 fully saturated rings. The average Bonchev–Trinajstić information content (AvgIpc) is 2.94. The maximum Gasteiger partial charge on any atom is 0.216 e. The summed E-state index contributed by atoms with van der Waals surface area (Å²) in [6.45, 7) is 0. The van der Waals surface area contributed by atoms with Crippen molar-refractivity contribution in [1.29, 1.82) is 0 Å². The molecule has 0 unspecified atom stereocenters. The normalized spacial score (nSPS) is 11.1. The molecule has 5 nitrogen and oxygen atoms in total. The summed E-state index contributed by atoms with van der Waals surface area (Å²) in [7, 11) is 1.61. The van der Waals surface area contributed by atoms with Gasteiger partial charge in [-0.2, -0.15) is 14.9 Å². The topological polar surface area (TPSA) is 55.2 Å². The van der Waals surface area contributed by atoms with Crippen LogP contribution in [0.5, 0.6) is 5.75 Å². The molecule has 8 heteroatoms. The minimum Gasteiger partial charge on any atom is -0.497 e. The Kier molecular flexibility index (Phi) is 4.99. The van der Waals surface area contributed by atoms with Crippen molar-refractivity contribution < 1.29 is 4.74 Å². The number of benzene rings is 2. The summed E-state index contributed by atoms with van der Waals surface area (Å²) in [4.78, 5) is 0. The maximum absolute atomic E-state index is 6.25. The van der Waals surface area contributed by atoms with Gasteiger partial charge in [0.15, 0.2) is 5.82 Å². The van der Waals surface area contributed by atoms with Crippen molar-refractivity contribution in [2.24, 2.45) is 5.10 Å². The van der Waals surface area contributed by atoms with Gasteiger partial charge in [-0.15, -0.1) is 0 Å². The number of halogens is 2. The smallest absolute Gasteiger partial charge is 0.216 e. The summed E-state index contributed by atoms with van der Waals surface area (Å²) in [5.41, 5.74) is 1.54. The van der Waals surface area contributed by atoms with Crippen LogP contribution < -0.4 is 4.74 Å². The molecule has 0 amide bonds. The fourth-order valence-corrected chi connectivity index (χ4v) is 2.76. The number of methoxy groups -OCH3 is 1. The van der Waals surface area contributed by atoms with E-state index in [2.05, 4.69) is 15.3 Å². The van der Waals surface area contributed by atoms with Crippen LogP contribution in [0.25, 0.3) is 11.4 Å². The second kappa shape index (κ2) is 7.17. The van der Waals surface area contributed by atoms with Gasteiger partial charge in [-0.05, 0) is 48.1 Å². The molecule has 0 saturated heterocycles. The van der Waals surface area contributed by atoms with E-state index in [1.807, 2.05) is 24.3 Å². The minimum atomic E-state index is 0.357. The fourth-order valence-electron chi connectivity index (χ4n) is 2.09. The van der Waals surface area contributed by atoms with E-state index in [1.54, 1.807) is 31.5 Å². The molecule has 24 heavy (non-hydrogen) atoms. The number of ether oxygens (including phenoxy) is 1. The Morgan fingerprint density at radius 3 is 2.83 bits per heavy atom. The van der Waals surface area contributed by atoms with E-state index >= 15 is 0 Å². The standard InChI is InChI=1S/C16H12Cl2N4OS/c1-23-12-4-2-3-10(7-12)9-19-22-15(20-21-16(22)24)13-6-5-11(17)8-14(13)18/h2-9H,1H3,(H,21,24)/b19-9-. The van der Waals surface area contributed by atoms with E-state index in [1.165, 1.54) is 4.68 Å². The lowest BCUT2D eigenvalue weighted by Gasteiger charge is -2.04. The number of H-pyrrole nitrogens is 1. The second-order valence-electron chi connectivity index (χ2n) is 4.81. The molecule has 0 saturated carbocycles. The van der Waals surface area contributed by atoms with E-state index in [4.69, 9.17) is 40.2 Å². The van der Waals surface area contributed by atoms with Crippen LogP contribution in [0.1, 0.15) is 5.56 Å². The summed E-state index contributed by atoms with van der Waals surface area (Å²) in [6.07, 6.45) is 1.67. The second-order valence-corrected chi connectivity index (χ2v) is 6.04. The molecule has 1 N–H and O–H groups in total. The number of aromatic nitrogens is 3. The molecule has 3 aromatic rings. The first-order valence-corrected chi connectivity index (χ1v) is 8.06. The molecule has 0 spiro atoms. The minimum absolute atomic E-state index is 0.357. The van der Waals surface area contributed by atoms with Gasteiger partial charge in [0.2, 0.25) is 4.77 Å². The molecular formula is C16H12Cl2N4OS. The number of hydrogen-bond acceptors (Lipinski definition) is 4. The Morgan fingerprint density at radius 2 is 2.08 bits per heavy atom. The molecule has 3 rings (SSSR count). The number of aromatic amines is 1. The zero-order chi connectivity index (χ0) is 17.1. The molecule has 0 aliphatic heterocycles. The van der Waals surface area contributed by atoms with Crippen LogP contribution in [-0.4, -0.2) is 28.2 Å². The summed E-state index contributed by atoms with van der Waals surface area (Å²) >= 11 is 17.4. The molecule has 0 aliphatic carbocycles. The van der Waals surface area contributed by atoms with E-state index < -0.39 is 0 Å². The first kappa shape index (κ1) is 16.7. The lowest BCUT2D eigenvalue weighted by atomic mass is 10.2. The van der Waals surface area contributed by atoms with Crippen molar-refractivity contribution in [3.05, 3.63) is 62.8 Å². The van der Waals surface area contributed by atoms with Gasteiger partial charge in [0.25, 0.3) is 0 Å². The SMILES string of the molecule is COc1cccc(/C=N\n2c(-c3ccc(Cl)cc3Cl)n[nH]c2=S)c1. The maximum atomic E-state index is 6.25. The highest BCUT2D eigenvalue weighted by Crippen LogP contribution is 2.29. The molecule has 1 heterocycles. The first-order valence-electron chi connectivity index (χ1n) is 6.90. The van der Waals surface area contributed by atoms with Crippen molar-refractivity contribution in [3.8, 4) is 17.1 Å². The third-order valence-corrected chi connectivity index (χ3v) is 4.05. The molecule has 0 atom stereocenters. The van der Waals surface area contributed by atoms with Crippen LogP contribution in [0.4, 0.5) is 0 Å². The van der Waals surface area contributed by atoms with Crippen molar-refractivity contribution in [2.75, 3.05) is 7.11 Å². The monoisotopic (exact) mass is 378 g/mol. The summed E-state index contributed by atoms with van der Waals surface area (Å²) in [5, 5.41) is 12.3. The quantitative estimate of drug-likeness (QED) is 0.523. The van der Waals surface area contributed by atoms with Crippen LogP contribution in [0, 0.1) is 4.77 Å². The molecule has 2 aromatic carbocycles. The molecule has 0 radical (unpaired) electrons. The van der Waals surface area contributed by atoms with Crippen molar-refractivity contribution >= 4 is 41.6 Å². The zero-order valence-corrected chi connectivity index (χ0v) is 14.9. The van der Waals surface area contributed by atoms with Gasteiger partial charge in [-0.1, -0.05) is 35.3 Å². The first-order chi connectivity index (χ1) is 11.6. The Labute approximate surface area is 153 Å². The third-order valence-electron chi connectivity index (χ3n) is 3.24. The highest BCUT2D eigenvalue weighted by molar-refractivity contribution is 7.71. The summed E-state index contributed by atoms with van der Waals surface area (Å²) in [6, 6.07) is 12.7. The Balaban J connectivity index is 2.01. The summed E-state index contributed by atoms with van der Waals surface area (Å²) in [5.74, 6) is 1.25. The Hall–Kier alpha value is -2.15. The number of rotatable bonds is 4. The van der Waals surface area contributed by atoms with Crippen molar-refractivity contribution in [1.82, 2.24) is 14.9 Å². The molecule has 122 valence electrons. The molecule has 0 bridgehead atoms. The lowest BCUT2D eigenvalue weighted by Crippen LogP contribution is -1.96. The van der Waals surface area contributed by atoms with Gasteiger partial charge in [0, 0.05) is 10.6 Å². The lowest BCUT2D eigenvalue weighted by molar-refractivity contribution is 0.415. The van der Waals surface area contributed by atoms with E-state index in [9.17, 15) is 0 Å². The predicted molar refractivity (Wildman–Crippen MR) is 98.9 cm³/mol. The largest absolute Gasteiger partial charge is 0.497 e. The Morgan fingerprint density at radius 1 is 1.25 bits per heavy atom. The van der Waals surface area contributed by atoms with Gasteiger partial charge in [0.1, 0.15) is 5.75 Å². The number of hydrogen-bond donors (Lipinski definition) is 1. The summed E-state index contributed by atoms with van der Waals surface area (Å²) < 4.78 is 7.06. The van der Waals surface area contributed by atoms with E-state index in [-0.39, 0.29) is 0 Å². The highest BCUT2D eigenvalue weighted by Gasteiger charge is 2.12. The number of nitrogens with one attached hydrogen (secondary N) is 1. The van der Waals surface area contributed by atoms with Crippen LogP contribution in [0.2, 0.25) is 10.0 Å². The van der Waals surface area contributed by atoms with Crippen LogP contribution in [-0.2, 0) is 0 Å². The van der Waals surface area contributed by atoms with Gasteiger partial charge in [-0.25, -0.2) is 5.10 Å². The van der Waals surface area contributed by atoms with Crippen LogP contribution >= 0.6 is 35.4 Å². The fraction of sp³-hybridized carbons (Fsp3) is 0.0625. The van der Waals surface area contributed by atoms with Gasteiger partial charge in [0.05, 0.1) is 18.3 Å². The van der Waals surface area contributed by atoms with Gasteiger partial charge < -0.3 is 4.74 Å². The van der Waals surface area contributed by atoms with Crippen LogP contribution in [0.15, 0.2) is 47.6 Å². The zero-order valence-electron chi connectivity index (χ0n) is 12.5. The molecular weight excluding hydrogens is 367 g/mol. The highest BCUT2D eigenvalue weighted by atomic mass is 35.5. The van der Waals surface area contributed by atoms with Gasteiger partial charge >= 0.3 is 0 Å². The van der Waals surface area contributed by atoms with Gasteiger partial charge in [-0.3, -0.25) is 0 Å². The molecule has 1 aromatic heterocycles. The van der Waals surface area contributed by atoms with Crippen LogP contribution in [0.3, 0.4) is 0 Å². The van der Waals surface area contributed by atoms with Crippen molar-refractivity contribution in [3.63, 3.8) is 0 Å². The number of nitrogens with zero attached hydrogens (tertiary/aromatic N) is 3. The van der Waals surface area contributed by atoms with E-state index in [0.29, 0.717) is 26.2 Å². The molecule has 0 aliphatic rings. The average molecular weight is 379 g/mol.